The third-order valence-electron chi connectivity index (χ3n) is 1.55. The maximum Gasteiger partial charge on any atom is 0.442 e. The number of piperidine rings is 1. The normalized spacial score (nSPS) is 27.0. The van der Waals surface area contributed by atoms with Crippen LogP contribution in [0.5, 0.6) is 0 Å². The fraction of sp³-hybridized carbons (Fsp3) is 1.00. The van der Waals surface area contributed by atoms with Gasteiger partial charge in [-0.2, -0.15) is 13.2 Å². The maximum absolute atomic E-state index is 11.8. The van der Waals surface area contributed by atoms with Crippen molar-refractivity contribution >= 4 is 11.8 Å². The van der Waals surface area contributed by atoms with Gasteiger partial charge < -0.3 is 5.32 Å². The van der Waals surface area contributed by atoms with Crippen molar-refractivity contribution in [3.63, 3.8) is 0 Å². The van der Waals surface area contributed by atoms with Gasteiger partial charge in [0.15, 0.2) is 0 Å². The Kier molecular flexibility index (Phi) is 3.06. The van der Waals surface area contributed by atoms with Crippen molar-refractivity contribution in [3.8, 4) is 0 Å². The van der Waals surface area contributed by atoms with E-state index in [-0.39, 0.29) is 17.0 Å². The lowest BCUT2D eigenvalue weighted by Crippen LogP contribution is -2.33. The smallest absolute Gasteiger partial charge is 0.316 e. The molecule has 0 aromatic carbocycles. The van der Waals surface area contributed by atoms with Gasteiger partial charge in [-0.1, -0.05) is 0 Å². The van der Waals surface area contributed by atoms with Crippen molar-refractivity contribution in [2.24, 2.45) is 0 Å². The van der Waals surface area contributed by atoms with Crippen LogP contribution in [0.1, 0.15) is 12.8 Å². The number of nitrogens with one attached hydrogen (secondary N) is 1. The highest BCUT2D eigenvalue weighted by Gasteiger charge is 2.33. The minimum atomic E-state index is -4.07. The van der Waals surface area contributed by atoms with Crippen LogP contribution in [0.3, 0.4) is 0 Å². The van der Waals surface area contributed by atoms with E-state index in [0.717, 1.165) is 13.0 Å². The second kappa shape index (κ2) is 3.67. The molecule has 1 atom stereocenters. The summed E-state index contributed by atoms with van der Waals surface area (Å²) in [7, 11) is 0. The summed E-state index contributed by atoms with van der Waals surface area (Å²) in [6.07, 6.45) is 1.53. The molecular formula is C6H10F3NS. The van der Waals surface area contributed by atoms with E-state index in [1.54, 1.807) is 0 Å². The molecule has 0 radical (unpaired) electrons. The van der Waals surface area contributed by atoms with Gasteiger partial charge >= 0.3 is 5.51 Å². The van der Waals surface area contributed by atoms with E-state index >= 15 is 0 Å². The van der Waals surface area contributed by atoms with Crippen LogP contribution in [0.25, 0.3) is 0 Å². The van der Waals surface area contributed by atoms with Gasteiger partial charge in [-0.15, -0.1) is 0 Å². The Labute approximate surface area is 67.7 Å². The summed E-state index contributed by atoms with van der Waals surface area (Å²) >= 11 is 0.115. The fourth-order valence-corrected chi connectivity index (χ4v) is 1.97. The van der Waals surface area contributed by atoms with Gasteiger partial charge in [0.25, 0.3) is 0 Å². The number of halogens is 3. The Morgan fingerprint density at radius 1 is 1.36 bits per heavy atom. The van der Waals surface area contributed by atoms with Crippen molar-refractivity contribution in [1.29, 1.82) is 0 Å². The first-order valence-electron chi connectivity index (χ1n) is 3.53. The number of alkyl halides is 3. The van der Waals surface area contributed by atoms with Gasteiger partial charge in [0.1, 0.15) is 0 Å². The molecule has 0 saturated carbocycles. The molecule has 1 aliphatic heterocycles. The lowest BCUT2D eigenvalue weighted by atomic mass is 10.2. The molecule has 0 spiro atoms. The van der Waals surface area contributed by atoms with Crippen LogP contribution in [0.15, 0.2) is 0 Å². The predicted molar refractivity (Wildman–Crippen MR) is 39.5 cm³/mol. The minimum Gasteiger partial charge on any atom is -0.316 e. The summed E-state index contributed by atoms with van der Waals surface area (Å²) in [5.41, 5.74) is -4.07. The van der Waals surface area contributed by atoms with E-state index in [4.69, 9.17) is 0 Å². The molecule has 0 aromatic rings. The predicted octanol–water partition coefficient (Wildman–Crippen LogP) is 1.99. The standard InChI is InChI=1S/C6H10F3NS/c7-6(8,9)11-5-2-1-3-10-4-5/h5,10H,1-4H2. The van der Waals surface area contributed by atoms with Gasteiger partial charge in [-0.25, -0.2) is 0 Å². The average Bonchev–Trinajstić information content (AvgIpc) is 1.85. The molecule has 5 heteroatoms. The molecule has 1 fully saturated rings. The lowest BCUT2D eigenvalue weighted by molar-refractivity contribution is -0.0335. The van der Waals surface area contributed by atoms with Crippen LogP contribution in [-0.2, 0) is 0 Å². The summed E-state index contributed by atoms with van der Waals surface area (Å²) in [6, 6.07) is 0. The van der Waals surface area contributed by atoms with Crippen LogP contribution in [-0.4, -0.2) is 23.8 Å². The highest BCUT2D eigenvalue weighted by molar-refractivity contribution is 8.00. The monoisotopic (exact) mass is 185 g/mol. The quantitative estimate of drug-likeness (QED) is 0.670. The lowest BCUT2D eigenvalue weighted by Gasteiger charge is -2.22. The number of thioether (sulfide) groups is 1. The van der Waals surface area contributed by atoms with E-state index in [0.29, 0.717) is 13.0 Å². The summed E-state index contributed by atoms with van der Waals surface area (Å²) in [5, 5.41) is 2.66. The Balaban J connectivity index is 2.24. The molecule has 11 heavy (non-hydrogen) atoms. The Hall–Kier alpha value is 0.1000. The largest absolute Gasteiger partial charge is 0.442 e. The molecule has 66 valence electrons. The van der Waals surface area contributed by atoms with Crippen molar-refractivity contribution in [3.05, 3.63) is 0 Å². The highest BCUT2D eigenvalue weighted by atomic mass is 32.2. The molecule has 1 saturated heterocycles. The molecule has 1 heterocycles. The van der Waals surface area contributed by atoms with Gasteiger partial charge in [0, 0.05) is 11.8 Å². The van der Waals surface area contributed by atoms with Crippen LogP contribution in [0, 0.1) is 0 Å². The highest BCUT2D eigenvalue weighted by Crippen LogP contribution is 2.35. The van der Waals surface area contributed by atoms with E-state index < -0.39 is 5.51 Å². The first kappa shape index (κ1) is 9.19. The topological polar surface area (TPSA) is 12.0 Å². The first-order valence-corrected chi connectivity index (χ1v) is 4.41. The Morgan fingerprint density at radius 2 is 2.09 bits per heavy atom. The van der Waals surface area contributed by atoms with Crippen LogP contribution >= 0.6 is 11.8 Å². The van der Waals surface area contributed by atoms with Crippen LogP contribution in [0.2, 0.25) is 0 Å². The molecule has 0 aromatic heterocycles. The van der Waals surface area contributed by atoms with E-state index in [2.05, 4.69) is 5.32 Å². The van der Waals surface area contributed by atoms with Crippen LogP contribution < -0.4 is 5.32 Å². The summed E-state index contributed by atoms with van der Waals surface area (Å²) in [5.74, 6) is 0. The van der Waals surface area contributed by atoms with E-state index in [9.17, 15) is 13.2 Å². The number of hydrogen-bond donors (Lipinski definition) is 1. The van der Waals surface area contributed by atoms with E-state index in [1.165, 1.54) is 0 Å². The molecule has 1 unspecified atom stereocenters. The molecule has 1 rings (SSSR count). The van der Waals surface area contributed by atoms with Gasteiger partial charge in [-0.05, 0) is 31.1 Å². The average molecular weight is 185 g/mol. The third-order valence-corrected chi connectivity index (χ3v) is 2.55. The summed E-state index contributed by atoms with van der Waals surface area (Å²) in [6.45, 7) is 1.35. The summed E-state index contributed by atoms with van der Waals surface area (Å²) in [4.78, 5) is 0. The first-order chi connectivity index (χ1) is 5.08. The molecular weight excluding hydrogens is 175 g/mol. The van der Waals surface area contributed by atoms with Crippen molar-refractivity contribution in [1.82, 2.24) is 5.32 Å². The minimum absolute atomic E-state index is 0.115. The number of rotatable bonds is 1. The van der Waals surface area contributed by atoms with E-state index in [1.807, 2.05) is 0 Å². The second-order valence-corrected chi connectivity index (χ2v) is 3.90. The fourth-order valence-electron chi connectivity index (χ4n) is 1.11. The Bertz CT molecular complexity index is 119. The zero-order valence-electron chi connectivity index (χ0n) is 5.95. The molecule has 0 amide bonds. The number of hydrogen-bond acceptors (Lipinski definition) is 2. The maximum atomic E-state index is 11.8. The van der Waals surface area contributed by atoms with Crippen molar-refractivity contribution in [2.75, 3.05) is 13.1 Å². The molecule has 0 aliphatic carbocycles. The molecule has 0 bridgehead atoms. The Morgan fingerprint density at radius 3 is 2.55 bits per heavy atom. The van der Waals surface area contributed by atoms with Crippen molar-refractivity contribution < 1.29 is 13.2 Å². The zero-order chi connectivity index (χ0) is 8.32. The SMILES string of the molecule is FC(F)(F)SC1CCCNC1. The molecule has 1 aliphatic rings. The second-order valence-electron chi connectivity index (χ2n) is 2.53. The summed E-state index contributed by atoms with van der Waals surface area (Å²) < 4.78 is 35.3. The van der Waals surface area contributed by atoms with Crippen LogP contribution in [0.4, 0.5) is 13.2 Å². The third kappa shape index (κ3) is 3.86. The van der Waals surface area contributed by atoms with Gasteiger partial charge in [0.05, 0.1) is 0 Å². The van der Waals surface area contributed by atoms with Crippen molar-refractivity contribution in [2.45, 2.75) is 23.6 Å². The molecule has 1 nitrogen and oxygen atoms in total. The zero-order valence-corrected chi connectivity index (χ0v) is 6.76. The molecule has 1 N–H and O–H groups in total. The van der Waals surface area contributed by atoms with Gasteiger partial charge in [-0.3, -0.25) is 0 Å². The van der Waals surface area contributed by atoms with Gasteiger partial charge in [0.2, 0.25) is 0 Å².